The standard InChI is InChI=1S/C28H34N2O4/c1-5-7-15-29-27(32)22-13-11-21(12-14-22)18-30-20(4)26(28(33)34-6-2)24(17-25(30)31)23-10-8-9-19(3)16-23/h8-14,16,24H,5-7,15,17-18H2,1-4H3,(H,29,32)/t24-/m0/s1. The molecule has 2 aromatic rings. The van der Waals surface area contributed by atoms with E-state index in [2.05, 4.69) is 12.2 Å². The van der Waals surface area contributed by atoms with E-state index in [0.29, 0.717) is 29.9 Å². The Morgan fingerprint density at radius 1 is 1.09 bits per heavy atom. The van der Waals surface area contributed by atoms with Gasteiger partial charge in [-0.3, -0.25) is 9.59 Å². The Bertz CT molecular complexity index is 1070. The van der Waals surface area contributed by atoms with Crippen LogP contribution < -0.4 is 5.32 Å². The van der Waals surface area contributed by atoms with Gasteiger partial charge < -0.3 is 15.0 Å². The fraction of sp³-hybridized carbons (Fsp3) is 0.393. The number of hydrogen-bond acceptors (Lipinski definition) is 4. The van der Waals surface area contributed by atoms with Crippen LogP contribution in [0.15, 0.2) is 59.8 Å². The summed E-state index contributed by atoms with van der Waals surface area (Å²) in [5.74, 6) is -0.867. The first kappa shape index (κ1) is 25.2. The normalized spacial score (nSPS) is 15.9. The maximum atomic E-state index is 13.2. The summed E-state index contributed by atoms with van der Waals surface area (Å²) >= 11 is 0. The molecule has 0 bridgehead atoms. The number of rotatable bonds is 9. The summed E-state index contributed by atoms with van der Waals surface area (Å²) in [6.45, 7) is 8.91. The van der Waals surface area contributed by atoms with Crippen molar-refractivity contribution in [3.05, 3.63) is 82.1 Å². The minimum Gasteiger partial charge on any atom is -0.463 e. The molecule has 0 aromatic heterocycles. The number of ether oxygens (including phenoxy) is 1. The van der Waals surface area contributed by atoms with E-state index in [9.17, 15) is 14.4 Å². The summed E-state index contributed by atoms with van der Waals surface area (Å²) < 4.78 is 5.37. The fourth-order valence-corrected chi connectivity index (χ4v) is 4.27. The summed E-state index contributed by atoms with van der Waals surface area (Å²) in [7, 11) is 0. The van der Waals surface area contributed by atoms with Crippen molar-refractivity contribution in [2.75, 3.05) is 13.2 Å². The van der Waals surface area contributed by atoms with Crippen LogP contribution in [0.4, 0.5) is 0 Å². The molecule has 1 aliphatic rings. The van der Waals surface area contributed by atoms with Gasteiger partial charge in [0.25, 0.3) is 5.91 Å². The Labute approximate surface area is 202 Å². The van der Waals surface area contributed by atoms with Crippen LogP contribution in [0.1, 0.15) is 73.0 Å². The second-order valence-corrected chi connectivity index (χ2v) is 8.68. The Kier molecular flexibility index (Phi) is 8.63. The van der Waals surface area contributed by atoms with Gasteiger partial charge in [0.05, 0.1) is 18.7 Å². The molecule has 2 aromatic carbocycles. The molecule has 0 fully saturated rings. The van der Waals surface area contributed by atoms with E-state index >= 15 is 0 Å². The SMILES string of the molecule is CCCCNC(=O)c1ccc(CN2C(=O)C[C@@H](c3cccc(C)c3)C(C(=O)OCC)=C2C)cc1. The average Bonchev–Trinajstić information content (AvgIpc) is 2.82. The first-order valence-corrected chi connectivity index (χ1v) is 12.0. The van der Waals surface area contributed by atoms with Crippen LogP contribution in [0.2, 0.25) is 0 Å². The molecule has 0 aliphatic carbocycles. The molecular formula is C28H34N2O4. The molecular weight excluding hydrogens is 428 g/mol. The van der Waals surface area contributed by atoms with Crippen molar-refractivity contribution in [1.29, 1.82) is 0 Å². The lowest BCUT2D eigenvalue weighted by Gasteiger charge is -2.34. The van der Waals surface area contributed by atoms with E-state index in [1.165, 1.54) is 0 Å². The monoisotopic (exact) mass is 462 g/mol. The van der Waals surface area contributed by atoms with E-state index in [-0.39, 0.29) is 36.7 Å². The number of hydrogen-bond donors (Lipinski definition) is 1. The highest BCUT2D eigenvalue weighted by atomic mass is 16.5. The lowest BCUT2D eigenvalue weighted by molar-refractivity contribution is -0.140. The molecule has 1 N–H and O–H groups in total. The minimum atomic E-state index is -0.386. The number of allylic oxidation sites excluding steroid dienone is 1. The van der Waals surface area contributed by atoms with Crippen LogP contribution in [0.3, 0.4) is 0 Å². The number of benzene rings is 2. The summed E-state index contributed by atoms with van der Waals surface area (Å²) in [5.41, 5.74) is 4.63. The largest absolute Gasteiger partial charge is 0.463 e. The number of carbonyl (C=O) groups excluding carboxylic acids is 3. The van der Waals surface area contributed by atoms with Crippen LogP contribution in [-0.4, -0.2) is 35.8 Å². The van der Waals surface area contributed by atoms with Gasteiger partial charge in [-0.05, 0) is 50.5 Å². The van der Waals surface area contributed by atoms with Crippen LogP contribution in [0, 0.1) is 6.92 Å². The Balaban J connectivity index is 1.86. The van der Waals surface area contributed by atoms with Crippen LogP contribution in [0.5, 0.6) is 0 Å². The van der Waals surface area contributed by atoms with E-state index in [1.54, 1.807) is 24.0 Å². The molecule has 0 saturated heterocycles. The van der Waals surface area contributed by atoms with Crippen molar-refractivity contribution < 1.29 is 19.1 Å². The van der Waals surface area contributed by atoms with Gasteiger partial charge in [0.2, 0.25) is 5.91 Å². The molecule has 0 saturated carbocycles. The van der Waals surface area contributed by atoms with Gasteiger partial charge >= 0.3 is 5.97 Å². The third-order valence-corrected chi connectivity index (χ3v) is 6.14. The predicted molar refractivity (Wildman–Crippen MR) is 132 cm³/mol. The highest BCUT2D eigenvalue weighted by Gasteiger charge is 2.36. The number of nitrogens with zero attached hydrogens (tertiary/aromatic N) is 1. The number of unbranched alkanes of at least 4 members (excludes halogenated alkanes) is 1. The number of esters is 1. The third-order valence-electron chi connectivity index (χ3n) is 6.14. The predicted octanol–water partition coefficient (Wildman–Crippen LogP) is 4.88. The number of carbonyl (C=O) groups is 3. The maximum absolute atomic E-state index is 13.2. The van der Waals surface area contributed by atoms with Gasteiger partial charge in [-0.25, -0.2) is 4.79 Å². The van der Waals surface area contributed by atoms with Crippen molar-refractivity contribution in [1.82, 2.24) is 10.2 Å². The fourth-order valence-electron chi connectivity index (χ4n) is 4.27. The molecule has 0 spiro atoms. The van der Waals surface area contributed by atoms with Crippen molar-refractivity contribution >= 4 is 17.8 Å². The Morgan fingerprint density at radius 3 is 2.47 bits per heavy atom. The Morgan fingerprint density at radius 2 is 1.82 bits per heavy atom. The second-order valence-electron chi connectivity index (χ2n) is 8.68. The quantitative estimate of drug-likeness (QED) is 0.426. The van der Waals surface area contributed by atoms with Crippen molar-refractivity contribution in [3.63, 3.8) is 0 Å². The smallest absolute Gasteiger partial charge is 0.336 e. The highest BCUT2D eigenvalue weighted by Crippen LogP contribution is 2.38. The Hall–Kier alpha value is -3.41. The lowest BCUT2D eigenvalue weighted by Crippen LogP contribution is -2.38. The van der Waals surface area contributed by atoms with Gasteiger partial charge in [-0.2, -0.15) is 0 Å². The maximum Gasteiger partial charge on any atom is 0.336 e. The van der Waals surface area contributed by atoms with Gasteiger partial charge in [-0.15, -0.1) is 0 Å². The first-order valence-electron chi connectivity index (χ1n) is 12.0. The molecule has 180 valence electrons. The zero-order valence-corrected chi connectivity index (χ0v) is 20.5. The first-order chi connectivity index (χ1) is 16.3. The van der Waals surface area contributed by atoms with Gasteiger partial charge in [0.15, 0.2) is 0 Å². The summed E-state index contributed by atoms with van der Waals surface area (Å²) in [5, 5.41) is 2.91. The van der Waals surface area contributed by atoms with E-state index in [1.807, 2.05) is 50.2 Å². The number of nitrogens with one attached hydrogen (secondary N) is 1. The van der Waals surface area contributed by atoms with E-state index < -0.39 is 0 Å². The van der Waals surface area contributed by atoms with Crippen molar-refractivity contribution in [2.24, 2.45) is 0 Å². The summed E-state index contributed by atoms with van der Waals surface area (Å²) in [6, 6.07) is 15.2. The number of aryl methyl sites for hydroxylation is 1. The average molecular weight is 463 g/mol. The summed E-state index contributed by atoms with van der Waals surface area (Å²) in [6.07, 6.45) is 2.17. The van der Waals surface area contributed by atoms with Gasteiger partial charge in [0.1, 0.15) is 0 Å². The van der Waals surface area contributed by atoms with Crippen molar-refractivity contribution in [3.8, 4) is 0 Å². The zero-order valence-electron chi connectivity index (χ0n) is 20.5. The third kappa shape index (κ3) is 5.93. The van der Waals surface area contributed by atoms with Crippen LogP contribution >= 0.6 is 0 Å². The second kappa shape index (κ2) is 11.6. The molecule has 0 unspecified atom stereocenters. The molecule has 1 atom stereocenters. The molecule has 1 heterocycles. The molecule has 0 radical (unpaired) electrons. The minimum absolute atomic E-state index is 0.0431. The molecule has 3 rings (SSSR count). The summed E-state index contributed by atoms with van der Waals surface area (Å²) in [4.78, 5) is 40.1. The zero-order chi connectivity index (χ0) is 24.7. The molecule has 6 nitrogen and oxygen atoms in total. The molecule has 6 heteroatoms. The van der Waals surface area contributed by atoms with Crippen LogP contribution in [-0.2, 0) is 20.9 Å². The molecule has 2 amide bonds. The van der Waals surface area contributed by atoms with Crippen LogP contribution in [0.25, 0.3) is 0 Å². The highest BCUT2D eigenvalue weighted by molar-refractivity contribution is 5.96. The molecule has 34 heavy (non-hydrogen) atoms. The molecule has 1 aliphatic heterocycles. The number of amides is 2. The topological polar surface area (TPSA) is 75.7 Å². The van der Waals surface area contributed by atoms with Gasteiger partial charge in [0, 0.05) is 30.1 Å². The van der Waals surface area contributed by atoms with Crippen molar-refractivity contribution in [2.45, 2.75) is 59.4 Å². The van der Waals surface area contributed by atoms with Gasteiger partial charge in [-0.1, -0.05) is 55.3 Å². The van der Waals surface area contributed by atoms with E-state index in [4.69, 9.17) is 4.74 Å². The lowest BCUT2D eigenvalue weighted by atomic mass is 9.83. The van der Waals surface area contributed by atoms with E-state index in [0.717, 1.165) is 29.5 Å².